The largest absolute Gasteiger partial charge is 0.481 e. The molecule has 0 amide bonds. The van der Waals surface area contributed by atoms with Crippen molar-refractivity contribution in [1.82, 2.24) is 0 Å². The maximum atomic E-state index is 10.4. The van der Waals surface area contributed by atoms with E-state index in [2.05, 4.69) is 13.5 Å². The van der Waals surface area contributed by atoms with Crippen molar-refractivity contribution in [2.45, 2.75) is 26.2 Å². The Labute approximate surface area is 82.7 Å². The fraction of sp³-hybridized carbons (Fsp3) is 0.500. The van der Waals surface area contributed by atoms with Crippen molar-refractivity contribution in [3.05, 3.63) is 22.6 Å². The van der Waals surface area contributed by atoms with E-state index in [1.54, 1.807) is 0 Å². The van der Waals surface area contributed by atoms with Crippen molar-refractivity contribution in [2.75, 3.05) is 5.75 Å². The number of allylic oxidation sites excluding steroid dienone is 2. The molecule has 0 aromatic rings. The van der Waals surface area contributed by atoms with Crippen molar-refractivity contribution < 1.29 is 9.90 Å². The number of thioether (sulfide) groups is 1. The fourth-order valence-electron chi connectivity index (χ4n) is 1.45. The standard InChI is InChI=1S/C10H14O2S/c1-7-4-3-5-8(2)10(7)13-6-9(11)12/h1,3-6H2,2H3,(H,11,12). The Balaban J connectivity index is 2.63. The number of carboxylic acids is 1. The van der Waals surface area contributed by atoms with Crippen LogP contribution in [0.4, 0.5) is 0 Å². The minimum Gasteiger partial charge on any atom is -0.481 e. The summed E-state index contributed by atoms with van der Waals surface area (Å²) < 4.78 is 0. The second kappa shape index (κ2) is 4.51. The summed E-state index contributed by atoms with van der Waals surface area (Å²) in [7, 11) is 0. The van der Waals surface area contributed by atoms with Gasteiger partial charge in [-0.2, -0.15) is 0 Å². The van der Waals surface area contributed by atoms with Crippen molar-refractivity contribution in [1.29, 1.82) is 0 Å². The predicted octanol–water partition coefficient (Wildman–Crippen LogP) is 2.82. The van der Waals surface area contributed by atoms with Gasteiger partial charge in [0.1, 0.15) is 0 Å². The lowest BCUT2D eigenvalue weighted by atomic mass is 9.97. The highest BCUT2D eigenvalue weighted by atomic mass is 32.2. The van der Waals surface area contributed by atoms with Crippen LogP contribution >= 0.6 is 11.8 Å². The summed E-state index contributed by atoms with van der Waals surface area (Å²) in [6, 6.07) is 0. The summed E-state index contributed by atoms with van der Waals surface area (Å²) in [5.74, 6) is -0.616. The zero-order valence-corrected chi connectivity index (χ0v) is 8.62. The summed E-state index contributed by atoms with van der Waals surface area (Å²) in [4.78, 5) is 11.5. The molecule has 0 fully saturated rings. The highest BCUT2D eigenvalue weighted by molar-refractivity contribution is 8.03. The molecular weight excluding hydrogens is 184 g/mol. The van der Waals surface area contributed by atoms with Gasteiger partial charge in [0.2, 0.25) is 0 Å². The maximum Gasteiger partial charge on any atom is 0.313 e. The van der Waals surface area contributed by atoms with Crippen molar-refractivity contribution >= 4 is 17.7 Å². The molecule has 0 saturated carbocycles. The average molecular weight is 198 g/mol. The third-order valence-electron chi connectivity index (χ3n) is 2.08. The Morgan fingerprint density at radius 2 is 2.31 bits per heavy atom. The Bertz CT molecular complexity index is 266. The zero-order valence-electron chi connectivity index (χ0n) is 7.80. The van der Waals surface area contributed by atoms with E-state index in [-0.39, 0.29) is 5.75 Å². The van der Waals surface area contributed by atoms with Gasteiger partial charge in [0, 0.05) is 4.91 Å². The first-order chi connectivity index (χ1) is 6.11. The minimum absolute atomic E-state index is 0.145. The molecule has 0 heterocycles. The summed E-state index contributed by atoms with van der Waals surface area (Å²) in [5, 5.41) is 8.54. The van der Waals surface area contributed by atoms with Crippen LogP contribution in [0, 0.1) is 0 Å². The first-order valence-corrected chi connectivity index (χ1v) is 5.32. The van der Waals surface area contributed by atoms with E-state index in [9.17, 15) is 4.79 Å². The molecule has 0 bridgehead atoms. The monoisotopic (exact) mass is 198 g/mol. The van der Waals surface area contributed by atoms with E-state index in [0.29, 0.717) is 0 Å². The summed E-state index contributed by atoms with van der Waals surface area (Å²) in [6.07, 6.45) is 3.25. The SMILES string of the molecule is C=C1CCCC(C)=C1SCC(=O)O. The Kier molecular flexibility index (Phi) is 3.60. The summed E-state index contributed by atoms with van der Waals surface area (Å²) >= 11 is 1.40. The van der Waals surface area contributed by atoms with Crippen LogP contribution < -0.4 is 0 Å². The number of aliphatic carboxylic acids is 1. The molecule has 1 rings (SSSR count). The lowest BCUT2D eigenvalue weighted by molar-refractivity contribution is -0.133. The van der Waals surface area contributed by atoms with Gasteiger partial charge in [-0.3, -0.25) is 4.79 Å². The van der Waals surface area contributed by atoms with E-state index in [1.165, 1.54) is 17.3 Å². The van der Waals surface area contributed by atoms with Gasteiger partial charge in [-0.1, -0.05) is 12.2 Å². The first-order valence-electron chi connectivity index (χ1n) is 4.33. The molecule has 0 aromatic heterocycles. The van der Waals surface area contributed by atoms with E-state index < -0.39 is 5.97 Å². The molecule has 0 aliphatic heterocycles. The van der Waals surface area contributed by atoms with Gasteiger partial charge in [0.15, 0.2) is 0 Å². The number of rotatable bonds is 3. The number of carboxylic acid groups (broad SMARTS) is 1. The Hall–Kier alpha value is -0.700. The van der Waals surface area contributed by atoms with Crippen LogP contribution in [0.5, 0.6) is 0 Å². The fourth-order valence-corrected chi connectivity index (χ4v) is 2.38. The zero-order chi connectivity index (χ0) is 9.84. The van der Waals surface area contributed by atoms with Crippen LogP contribution in [-0.4, -0.2) is 16.8 Å². The quantitative estimate of drug-likeness (QED) is 0.757. The van der Waals surface area contributed by atoms with Crippen LogP contribution in [0.15, 0.2) is 22.6 Å². The van der Waals surface area contributed by atoms with Gasteiger partial charge in [-0.15, -0.1) is 11.8 Å². The molecule has 1 aliphatic rings. The third kappa shape index (κ3) is 2.92. The van der Waals surface area contributed by atoms with Crippen molar-refractivity contribution in [2.24, 2.45) is 0 Å². The number of hydrogen-bond acceptors (Lipinski definition) is 2. The summed E-state index contributed by atoms with van der Waals surface area (Å²) in [6.45, 7) is 6.02. The van der Waals surface area contributed by atoms with Gasteiger partial charge in [0.05, 0.1) is 5.75 Å². The van der Waals surface area contributed by atoms with Crippen LogP contribution in [0.3, 0.4) is 0 Å². The van der Waals surface area contributed by atoms with Crippen molar-refractivity contribution in [3.63, 3.8) is 0 Å². The third-order valence-corrected chi connectivity index (χ3v) is 3.40. The molecule has 0 spiro atoms. The van der Waals surface area contributed by atoms with Crippen molar-refractivity contribution in [3.8, 4) is 0 Å². The highest BCUT2D eigenvalue weighted by Crippen LogP contribution is 2.35. The molecule has 3 heteroatoms. The van der Waals surface area contributed by atoms with Crippen LogP contribution in [0.2, 0.25) is 0 Å². The molecule has 0 unspecified atom stereocenters. The molecular formula is C10H14O2S. The summed E-state index contributed by atoms with van der Waals surface area (Å²) in [5.41, 5.74) is 2.40. The molecule has 1 aliphatic carbocycles. The minimum atomic E-state index is -0.760. The normalized spacial score (nSPS) is 17.8. The smallest absolute Gasteiger partial charge is 0.313 e. The maximum absolute atomic E-state index is 10.4. The predicted molar refractivity (Wildman–Crippen MR) is 55.8 cm³/mol. The molecule has 1 N–H and O–H groups in total. The Morgan fingerprint density at radius 1 is 1.62 bits per heavy atom. The second-order valence-corrected chi connectivity index (χ2v) is 4.23. The average Bonchev–Trinajstić information content (AvgIpc) is 2.03. The lowest BCUT2D eigenvalue weighted by Gasteiger charge is -2.18. The van der Waals surface area contributed by atoms with E-state index in [0.717, 1.165) is 29.7 Å². The van der Waals surface area contributed by atoms with Gasteiger partial charge in [0.25, 0.3) is 0 Å². The lowest BCUT2D eigenvalue weighted by Crippen LogP contribution is -2.03. The Morgan fingerprint density at radius 3 is 2.85 bits per heavy atom. The second-order valence-electron chi connectivity index (χ2n) is 3.25. The first kappa shape index (κ1) is 10.4. The molecule has 2 nitrogen and oxygen atoms in total. The molecule has 0 atom stereocenters. The van der Waals surface area contributed by atoms with Crippen LogP contribution in [0.25, 0.3) is 0 Å². The molecule has 0 radical (unpaired) electrons. The van der Waals surface area contributed by atoms with Crippen LogP contribution in [-0.2, 0) is 4.79 Å². The van der Waals surface area contributed by atoms with Gasteiger partial charge >= 0.3 is 5.97 Å². The van der Waals surface area contributed by atoms with E-state index >= 15 is 0 Å². The number of carbonyl (C=O) groups is 1. The molecule has 13 heavy (non-hydrogen) atoms. The number of hydrogen-bond donors (Lipinski definition) is 1. The van der Waals surface area contributed by atoms with E-state index in [4.69, 9.17) is 5.11 Å². The topological polar surface area (TPSA) is 37.3 Å². The van der Waals surface area contributed by atoms with E-state index in [1.807, 2.05) is 0 Å². The van der Waals surface area contributed by atoms with Crippen LogP contribution in [0.1, 0.15) is 26.2 Å². The van der Waals surface area contributed by atoms with Gasteiger partial charge < -0.3 is 5.11 Å². The molecule has 0 saturated heterocycles. The van der Waals surface area contributed by atoms with Gasteiger partial charge in [-0.25, -0.2) is 0 Å². The molecule has 72 valence electrons. The van der Waals surface area contributed by atoms with Gasteiger partial charge in [-0.05, 0) is 31.8 Å². The molecule has 0 aromatic carbocycles. The highest BCUT2D eigenvalue weighted by Gasteiger charge is 2.14.